The fraction of sp³-hybridized carbons (Fsp3) is 0.294. The summed E-state index contributed by atoms with van der Waals surface area (Å²) in [5.74, 6) is 0.438. The molecule has 0 aromatic heterocycles. The highest BCUT2D eigenvalue weighted by Gasteiger charge is 2.34. The van der Waals surface area contributed by atoms with E-state index in [1.165, 1.54) is 22.0 Å². The Morgan fingerprint density at radius 1 is 0.703 bits per heavy atom. The van der Waals surface area contributed by atoms with Gasteiger partial charge < -0.3 is 10.2 Å². The average Bonchev–Trinajstić information content (AvgIpc) is 2.94. The van der Waals surface area contributed by atoms with E-state index >= 15 is 0 Å². The standard InChI is InChI=1S/C34H39O2P/c1-3-5-20-34(4-2,37-32-19-13-12-18-29(32)25-35)31-24-28(21-26-14-8-6-9-15-26)23-30(33(31)36)22-27-16-10-7-11-17-27/h6-19,23-24,35-37H,3-5,20-22,25H2,1-2H3. The third-order valence-corrected chi connectivity index (χ3v) is 9.48. The third kappa shape index (κ3) is 6.69. The van der Waals surface area contributed by atoms with Gasteiger partial charge in [0.1, 0.15) is 5.75 Å². The van der Waals surface area contributed by atoms with E-state index in [1.807, 2.05) is 18.2 Å². The van der Waals surface area contributed by atoms with Gasteiger partial charge in [-0.2, -0.15) is 0 Å². The second-order valence-electron chi connectivity index (χ2n) is 9.96. The third-order valence-electron chi connectivity index (χ3n) is 7.37. The number of benzene rings is 4. The summed E-state index contributed by atoms with van der Waals surface area (Å²) in [6.45, 7) is 4.53. The van der Waals surface area contributed by atoms with Crippen LogP contribution in [0.15, 0.2) is 97.1 Å². The minimum atomic E-state index is -0.191. The van der Waals surface area contributed by atoms with E-state index in [9.17, 15) is 10.2 Å². The van der Waals surface area contributed by atoms with E-state index in [0.717, 1.165) is 48.8 Å². The monoisotopic (exact) mass is 510 g/mol. The molecule has 0 aliphatic heterocycles. The quantitative estimate of drug-likeness (QED) is 0.190. The first-order valence-electron chi connectivity index (χ1n) is 13.5. The van der Waals surface area contributed by atoms with Gasteiger partial charge in [-0.25, -0.2) is 0 Å². The van der Waals surface area contributed by atoms with Gasteiger partial charge >= 0.3 is 0 Å². The molecule has 0 amide bonds. The Labute approximate surface area is 224 Å². The van der Waals surface area contributed by atoms with Gasteiger partial charge in [0.2, 0.25) is 0 Å². The fourth-order valence-corrected chi connectivity index (χ4v) is 7.07. The maximum absolute atomic E-state index is 11.9. The van der Waals surface area contributed by atoms with Gasteiger partial charge in [0, 0.05) is 17.1 Å². The van der Waals surface area contributed by atoms with Crippen LogP contribution in [0.2, 0.25) is 0 Å². The summed E-state index contributed by atoms with van der Waals surface area (Å²) >= 11 is 0. The second-order valence-corrected chi connectivity index (χ2v) is 11.7. The van der Waals surface area contributed by atoms with Gasteiger partial charge in [-0.05, 0) is 52.4 Å². The minimum absolute atomic E-state index is 0.0377. The zero-order valence-corrected chi connectivity index (χ0v) is 23.1. The van der Waals surface area contributed by atoms with Gasteiger partial charge in [-0.1, -0.05) is 132 Å². The highest BCUT2D eigenvalue weighted by Crippen LogP contribution is 2.52. The van der Waals surface area contributed by atoms with E-state index in [0.29, 0.717) is 20.8 Å². The zero-order valence-electron chi connectivity index (χ0n) is 22.1. The lowest BCUT2D eigenvalue weighted by Crippen LogP contribution is -2.25. The number of unbranched alkanes of at least 4 members (excludes halogenated alkanes) is 1. The number of phenols is 1. The molecule has 0 fully saturated rings. The predicted molar refractivity (Wildman–Crippen MR) is 158 cm³/mol. The van der Waals surface area contributed by atoms with E-state index in [4.69, 9.17) is 0 Å². The molecule has 0 bridgehead atoms. The maximum atomic E-state index is 11.9. The Bertz CT molecular complexity index is 1270. The first-order valence-corrected chi connectivity index (χ1v) is 14.5. The van der Waals surface area contributed by atoms with Crippen LogP contribution >= 0.6 is 8.58 Å². The van der Waals surface area contributed by atoms with Gasteiger partial charge in [0.15, 0.2) is 0 Å². The summed E-state index contributed by atoms with van der Waals surface area (Å²) in [5, 5.41) is 22.9. The lowest BCUT2D eigenvalue weighted by molar-refractivity contribution is 0.283. The van der Waals surface area contributed by atoms with Crippen LogP contribution in [0.5, 0.6) is 5.75 Å². The summed E-state index contributed by atoms with van der Waals surface area (Å²) < 4.78 is 0. The number of hydrogen-bond acceptors (Lipinski definition) is 2. The van der Waals surface area contributed by atoms with Crippen LogP contribution in [-0.4, -0.2) is 10.2 Å². The summed E-state index contributed by atoms with van der Waals surface area (Å²) in [5.41, 5.74) is 6.75. The molecule has 0 spiro atoms. The Morgan fingerprint density at radius 3 is 1.95 bits per heavy atom. The van der Waals surface area contributed by atoms with Crippen molar-refractivity contribution >= 4 is 13.9 Å². The Hall–Kier alpha value is -2.93. The molecule has 2 nitrogen and oxygen atoms in total. The molecule has 4 rings (SSSR count). The van der Waals surface area contributed by atoms with E-state index in [-0.39, 0.29) is 11.8 Å². The topological polar surface area (TPSA) is 40.5 Å². The molecule has 0 heterocycles. The molecule has 3 heteroatoms. The van der Waals surface area contributed by atoms with Crippen LogP contribution in [0.4, 0.5) is 0 Å². The predicted octanol–water partition coefficient (Wildman–Crippen LogP) is 7.87. The normalized spacial score (nSPS) is 13.2. The number of aliphatic hydroxyl groups excluding tert-OH is 1. The first-order chi connectivity index (χ1) is 18.1. The lowest BCUT2D eigenvalue weighted by Gasteiger charge is -2.36. The van der Waals surface area contributed by atoms with E-state index in [1.54, 1.807) is 0 Å². The first kappa shape index (κ1) is 27.1. The summed E-state index contributed by atoms with van der Waals surface area (Å²) in [6.07, 6.45) is 5.67. The average molecular weight is 511 g/mol. The van der Waals surface area contributed by atoms with Crippen molar-refractivity contribution in [1.29, 1.82) is 0 Å². The van der Waals surface area contributed by atoms with Gasteiger partial charge in [0.25, 0.3) is 0 Å². The zero-order chi connectivity index (χ0) is 26.1. The molecule has 37 heavy (non-hydrogen) atoms. The summed E-state index contributed by atoms with van der Waals surface area (Å²) in [4.78, 5) is 0. The largest absolute Gasteiger partial charge is 0.507 e. The van der Waals surface area contributed by atoms with E-state index in [2.05, 4.69) is 92.7 Å². The molecule has 4 aromatic rings. The highest BCUT2D eigenvalue weighted by atomic mass is 31.1. The van der Waals surface area contributed by atoms with Crippen molar-refractivity contribution in [1.82, 2.24) is 0 Å². The minimum Gasteiger partial charge on any atom is -0.507 e. The van der Waals surface area contributed by atoms with Crippen molar-refractivity contribution in [2.45, 2.75) is 64.1 Å². The SMILES string of the molecule is CCCCC(CC)(Pc1ccccc1CO)c1cc(Cc2ccccc2)cc(Cc2ccccc2)c1O. The van der Waals surface area contributed by atoms with Gasteiger partial charge in [0.05, 0.1) is 6.61 Å². The summed E-state index contributed by atoms with van der Waals surface area (Å²) in [6, 6.07) is 33.7. The second kappa shape index (κ2) is 13.0. The molecular weight excluding hydrogens is 471 g/mol. The molecule has 0 saturated carbocycles. The highest BCUT2D eigenvalue weighted by molar-refractivity contribution is 7.48. The van der Waals surface area contributed by atoms with Gasteiger partial charge in [-0.3, -0.25) is 0 Å². The molecule has 2 N–H and O–H groups in total. The van der Waals surface area contributed by atoms with Crippen molar-refractivity contribution in [2.75, 3.05) is 0 Å². The molecule has 0 aliphatic carbocycles. The molecular formula is C34H39O2P. The molecule has 4 aromatic carbocycles. The number of aromatic hydroxyl groups is 1. The Kier molecular flexibility index (Phi) is 9.56. The molecule has 192 valence electrons. The molecule has 0 aliphatic rings. The molecule has 0 radical (unpaired) electrons. The van der Waals surface area contributed by atoms with E-state index < -0.39 is 0 Å². The van der Waals surface area contributed by atoms with Crippen LogP contribution in [-0.2, 0) is 24.6 Å². The maximum Gasteiger partial charge on any atom is 0.123 e. The smallest absolute Gasteiger partial charge is 0.123 e. The number of aliphatic hydroxyl groups is 1. The van der Waals surface area contributed by atoms with Crippen LogP contribution in [0.25, 0.3) is 0 Å². The van der Waals surface area contributed by atoms with Crippen molar-refractivity contribution in [3.05, 3.63) is 130 Å². The Morgan fingerprint density at radius 2 is 1.32 bits per heavy atom. The summed E-state index contributed by atoms with van der Waals surface area (Å²) in [7, 11) is 0.464. The number of rotatable bonds is 12. The van der Waals surface area contributed by atoms with Crippen LogP contribution in [0.1, 0.15) is 72.9 Å². The lowest BCUT2D eigenvalue weighted by atomic mass is 9.85. The van der Waals surface area contributed by atoms with Crippen molar-refractivity contribution in [2.24, 2.45) is 0 Å². The number of phenolic OH excluding ortho intramolecular Hbond substituents is 1. The van der Waals surface area contributed by atoms with Crippen molar-refractivity contribution < 1.29 is 10.2 Å². The molecule has 2 unspecified atom stereocenters. The number of hydrogen-bond donors (Lipinski definition) is 2. The molecule has 0 saturated heterocycles. The van der Waals surface area contributed by atoms with Crippen molar-refractivity contribution in [3.8, 4) is 5.75 Å². The van der Waals surface area contributed by atoms with Crippen LogP contribution in [0.3, 0.4) is 0 Å². The van der Waals surface area contributed by atoms with Crippen molar-refractivity contribution in [3.63, 3.8) is 0 Å². The van der Waals surface area contributed by atoms with Gasteiger partial charge in [-0.15, -0.1) is 0 Å². The van der Waals surface area contributed by atoms with Crippen LogP contribution in [0, 0.1) is 0 Å². The van der Waals surface area contributed by atoms with Crippen LogP contribution < -0.4 is 5.30 Å². The Balaban J connectivity index is 1.86. The molecule has 2 atom stereocenters. The fourth-order valence-electron chi connectivity index (χ4n) is 5.25.